The SMILES string of the molecule is COC(=O)CC1(C)CCC2(O1)C1(C)CCCC(C)(C)C1CC1OC12C. The monoisotopic (exact) mass is 350 g/mol. The van der Waals surface area contributed by atoms with Gasteiger partial charge in [-0.05, 0) is 57.3 Å². The van der Waals surface area contributed by atoms with Crippen LogP contribution in [0.25, 0.3) is 0 Å². The second-order valence-electron chi connectivity index (χ2n) is 10.4. The molecule has 6 unspecified atom stereocenters. The summed E-state index contributed by atoms with van der Waals surface area (Å²) in [5.74, 6) is 0.425. The Kier molecular flexibility index (Phi) is 3.56. The normalized spacial score (nSPS) is 53.2. The van der Waals surface area contributed by atoms with E-state index in [9.17, 15) is 4.79 Å². The van der Waals surface area contributed by atoms with Crippen molar-refractivity contribution in [3.63, 3.8) is 0 Å². The van der Waals surface area contributed by atoms with Crippen molar-refractivity contribution in [2.24, 2.45) is 16.7 Å². The van der Waals surface area contributed by atoms with Gasteiger partial charge in [0.25, 0.3) is 0 Å². The lowest BCUT2D eigenvalue weighted by Crippen LogP contribution is -2.66. The van der Waals surface area contributed by atoms with Crippen LogP contribution in [0.2, 0.25) is 0 Å². The molecule has 0 N–H and O–H groups in total. The summed E-state index contributed by atoms with van der Waals surface area (Å²) in [6, 6.07) is 0. The zero-order chi connectivity index (χ0) is 18.3. The number of hydrogen-bond acceptors (Lipinski definition) is 4. The highest BCUT2D eigenvalue weighted by atomic mass is 16.7. The zero-order valence-electron chi connectivity index (χ0n) is 16.7. The smallest absolute Gasteiger partial charge is 0.308 e. The first kappa shape index (κ1) is 17.8. The van der Waals surface area contributed by atoms with Crippen LogP contribution in [0.4, 0.5) is 0 Å². The van der Waals surface area contributed by atoms with E-state index in [1.54, 1.807) is 0 Å². The van der Waals surface area contributed by atoms with Crippen LogP contribution in [0.1, 0.15) is 79.6 Å². The van der Waals surface area contributed by atoms with E-state index in [0.29, 0.717) is 23.9 Å². The van der Waals surface area contributed by atoms with Crippen molar-refractivity contribution < 1.29 is 19.0 Å². The minimum absolute atomic E-state index is 0.102. The van der Waals surface area contributed by atoms with Gasteiger partial charge in [0.05, 0.1) is 25.2 Å². The zero-order valence-corrected chi connectivity index (χ0v) is 16.7. The molecular formula is C21H34O4. The maximum Gasteiger partial charge on any atom is 0.308 e. The lowest BCUT2D eigenvalue weighted by Gasteiger charge is -2.62. The first-order chi connectivity index (χ1) is 11.5. The summed E-state index contributed by atoms with van der Waals surface area (Å²) in [5.41, 5.74) is -0.505. The number of carbonyl (C=O) groups is 1. The third kappa shape index (κ3) is 2.16. The van der Waals surface area contributed by atoms with Crippen LogP contribution in [0.15, 0.2) is 0 Å². The third-order valence-electron chi connectivity index (χ3n) is 8.52. The molecule has 4 aliphatic rings. The Labute approximate surface area is 152 Å². The van der Waals surface area contributed by atoms with E-state index in [0.717, 1.165) is 19.3 Å². The van der Waals surface area contributed by atoms with Gasteiger partial charge in [0.15, 0.2) is 0 Å². The highest BCUT2D eigenvalue weighted by Gasteiger charge is 2.80. The van der Waals surface area contributed by atoms with Crippen LogP contribution in [0.3, 0.4) is 0 Å². The molecule has 2 heterocycles. The predicted molar refractivity (Wildman–Crippen MR) is 95.2 cm³/mol. The van der Waals surface area contributed by atoms with Gasteiger partial charge in [-0.1, -0.05) is 27.2 Å². The molecule has 4 rings (SSSR count). The number of carbonyl (C=O) groups excluding carboxylic acids is 1. The summed E-state index contributed by atoms with van der Waals surface area (Å²) in [7, 11) is 1.46. The van der Waals surface area contributed by atoms with Gasteiger partial charge in [0, 0.05) is 5.41 Å². The Balaban J connectivity index is 1.73. The van der Waals surface area contributed by atoms with Crippen molar-refractivity contribution in [1.29, 1.82) is 0 Å². The molecule has 0 amide bonds. The van der Waals surface area contributed by atoms with E-state index in [1.165, 1.54) is 26.4 Å². The van der Waals surface area contributed by atoms with Gasteiger partial charge in [0.1, 0.15) is 11.2 Å². The van der Waals surface area contributed by atoms with Crippen molar-refractivity contribution in [3.8, 4) is 0 Å². The summed E-state index contributed by atoms with van der Waals surface area (Å²) < 4.78 is 18.2. The summed E-state index contributed by atoms with van der Waals surface area (Å²) in [6.07, 6.45) is 7.40. The quantitative estimate of drug-likeness (QED) is 0.552. The molecule has 2 saturated heterocycles. The van der Waals surface area contributed by atoms with Gasteiger partial charge < -0.3 is 14.2 Å². The number of epoxide rings is 1. The summed E-state index contributed by atoms with van der Waals surface area (Å²) in [5, 5.41) is 0. The molecule has 4 heteroatoms. The molecule has 1 spiro atoms. The van der Waals surface area contributed by atoms with E-state index >= 15 is 0 Å². The maximum atomic E-state index is 11.9. The van der Waals surface area contributed by atoms with Crippen LogP contribution < -0.4 is 0 Å². The second-order valence-corrected chi connectivity index (χ2v) is 10.4. The van der Waals surface area contributed by atoms with Crippen molar-refractivity contribution in [2.75, 3.05) is 7.11 Å². The standard InChI is InChI=1S/C21H34O4/c1-17(2)8-7-9-19(4)14(17)12-15-20(5,24-15)21(19)11-10-18(3,25-21)13-16(22)23-6/h14-15H,7-13H2,1-6H3. The molecular weight excluding hydrogens is 316 g/mol. The van der Waals surface area contributed by atoms with Crippen molar-refractivity contribution in [1.82, 2.24) is 0 Å². The van der Waals surface area contributed by atoms with Gasteiger partial charge >= 0.3 is 5.97 Å². The molecule has 0 radical (unpaired) electrons. The van der Waals surface area contributed by atoms with E-state index in [-0.39, 0.29) is 22.6 Å². The predicted octanol–water partition coefficient (Wildman–Crippen LogP) is 4.25. The van der Waals surface area contributed by atoms with E-state index in [4.69, 9.17) is 14.2 Å². The molecule has 142 valence electrons. The van der Waals surface area contributed by atoms with Crippen molar-refractivity contribution in [2.45, 2.75) is 102 Å². The van der Waals surface area contributed by atoms with Gasteiger partial charge in [-0.2, -0.15) is 0 Å². The van der Waals surface area contributed by atoms with Crippen molar-refractivity contribution >= 4 is 5.97 Å². The molecule has 2 aliphatic heterocycles. The van der Waals surface area contributed by atoms with E-state index in [1.807, 2.05) is 0 Å². The fourth-order valence-electron chi connectivity index (χ4n) is 7.07. The number of rotatable bonds is 2. The molecule has 4 nitrogen and oxygen atoms in total. The Morgan fingerprint density at radius 3 is 2.48 bits per heavy atom. The average molecular weight is 350 g/mol. The Morgan fingerprint density at radius 2 is 1.80 bits per heavy atom. The summed E-state index contributed by atoms with van der Waals surface area (Å²) in [6.45, 7) is 11.6. The molecule has 0 aromatic rings. The molecule has 4 fully saturated rings. The fourth-order valence-corrected chi connectivity index (χ4v) is 7.07. The van der Waals surface area contributed by atoms with Gasteiger partial charge in [-0.3, -0.25) is 4.79 Å². The molecule has 0 aromatic heterocycles. The largest absolute Gasteiger partial charge is 0.469 e. The van der Waals surface area contributed by atoms with Crippen LogP contribution in [-0.2, 0) is 19.0 Å². The first-order valence-electron chi connectivity index (χ1n) is 9.97. The number of esters is 1. The van der Waals surface area contributed by atoms with Gasteiger partial charge in [0.2, 0.25) is 0 Å². The van der Waals surface area contributed by atoms with Crippen molar-refractivity contribution in [3.05, 3.63) is 0 Å². The van der Waals surface area contributed by atoms with E-state index in [2.05, 4.69) is 34.6 Å². The number of methoxy groups -OCH3 is 1. The van der Waals surface area contributed by atoms with Crippen LogP contribution in [-0.4, -0.2) is 36.0 Å². The van der Waals surface area contributed by atoms with Gasteiger partial charge in [-0.15, -0.1) is 0 Å². The van der Waals surface area contributed by atoms with Gasteiger partial charge in [-0.25, -0.2) is 0 Å². The second kappa shape index (κ2) is 5.01. The lowest BCUT2D eigenvalue weighted by atomic mass is 9.44. The molecule has 2 aliphatic carbocycles. The molecule has 0 bridgehead atoms. The van der Waals surface area contributed by atoms with Crippen LogP contribution >= 0.6 is 0 Å². The highest BCUT2D eigenvalue weighted by molar-refractivity contribution is 5.70. The average Bonchev–Trinajstić information content (AvgIpc) is 3.05. The number of hydrogen-bond donors (Lipinski definition) is 0. The molecule has 2 saturated carbocycles. The fraction of sp³-hybridized carbons (Fsp3) is 0.952. The minimum atomic E-state index is -0.445. The van der Waals surface area contributed by atoms with Crippen LogP contribution in [0.5, 0.6) is 0 Å². The van der Waals surface area contributed by atoms with E-state index < -0.39 is 5.60 Å². The molecule has 0 aromatic carbocycles. The molecule has 25 heavy (non-hydrogen) atoms. The number of ether oxygens (including phenoxy) is 3. The summed E-state index contributed by atoms with van der Waals surface area (Å²) >= 11 is 0. The molecule has 6 atom stereocenters. The van der Waals surface area contributed by atoms with Crippen LogP contribution in [0, 0.1) is 16.7 Å². The topological polar surface area (TPSA) is 48.1 Å². The lowest BCUT2D eigenvalue weighted by molar-refractivity contribution is -0.237. The number of fused-ring (bicyclic) bond motifs is 4. The Hall–Kier alpha value is -0.610. The summed E-state index contributed by atoms with van der Waals surface area (Å²) in [4.78, 5) is 11.9. The third-order valence-corrected chi connectivity index (χ3v) is 8.52. The highest BCUT2D eigenvalue weighted by Crippen LogP contribution is 2.74. The maximum absolute atomic E-state index is 11.9. The first-order valence-corrected chi connectivity index (χ1v) is 9.97. The Bertz CT molecular complexity index is 601. The Morgan fingerprint density at radius 1 is 1.08 bits per heavy atom. The minimum Gasteiger partial charge on any atom is -0.469 e.